The van der Waals surface area contributed by atoms with Gasteiger partial charge in [0.1, 0.15) is 4.90 Å². The lowest BCUT2D eigenvalue weighted by molar-refractivity contribution is 0.0900. The molecule has 0 saturated carbocycles. The highest BCUT2D eigenvalue weighted by Crippen LogP contribution is 2.18. The molecule has 0 atom stereocenters. The number of hydrogen-bond acceptors (Lipinski definition) is 4. The van der Waals surface area contributed by atoms with E-state index in [0.29, 0.717) is 0 Å². The molecular weight excluding hydrogens is 268 g/mol. The van der Waals surface area contributed by atoms with Crippen LogP contribution in [0.4, 0.5) is 0 Å². The lowest BCUT2D eigenvalue weighted by Crippen LogP contribution is -2.43. The Hall–Kier alpha value is -1.41. The summed E-state index contributed by atoms with van der Waals surface area (Å²) in [4.78, 5) is 11.8. The highest BCUT2D eigenvalue weighted by atomic mass is 32.2. The summed E-state index contributed by atoms with van der Waals surface area (Å²) in [7, 11) is -3.99. The molecule has 1 rings (SSSR count). The first kappa shape index (κ1) is 15.6. The van der Waals surface area contributed by atoms with E-state index in [1.807, 2.05) is 20.8 Å². The Bertz CT molecular complexity index is 575. The molecule has 108 valence electrons. The van der Waals surface area contributed by atoms with Gasteiger partial charge in [-0.2, -0.15) is 5.10 Å². The van der Waals surface area contributed by atoms with Gasteiger partial charge in [0, 0.05) is 5.54 Å². The molecule has 1 amide bonds. The number of nitrogens with zero attached hydrogens (tertiary/aromatic N) is 1. The van der Waals surface area contributed by atoms with Gasteiger partial charge in [0.2, 0.25) is 10.0 Å². The van der Waals surface area contributed by atoms with E-state index in [-0.39, 0.29) is 16.3 Å². The molecule has 1 aromatic heterocycles. The van der Waals surface area contributed by atoms with Gasteiger partial charge in [-0.25, -0.2) is 13.6 Å². The number of sulfonamides is 1. The Kier molecular flexibility index (Phi) is 4.36. The Morgan fingerprint density at radius 2 is 2.05 bits per heavy atom. The molecule has 0 aliphatic rings. The average molecular weight is 288 g/mol. The van der Waals surface area contributed by atoms with Crippen LogP contribution < -0.4 is 10.5 Å². The first-order chi connectivity index (χ1) is 8.58. The molecule has 0 aliphatic heterocycles. The van der Waals surface area contributed by atoms with Crippen LogP contribution in [0.5, 0.6) is 0 Å². The van der Waals surface area contributed by atoms with E-state index in [2.05, 4.69) is 15.5 Å². The van der Waals surface area contributed by atoms with Crippen molar-refractivity contribution in [3.8, 4) is 0 Å². The topological polar surface area (TPSA) is 118 Å². The van der Waals surface area contributed by atoms with Gasteiger partial charge in [-0.05, 0) is 27.2 Å². The molecule has 0 saturated heterocycles. The van der Waals surface area contributed by atoms with Crippen molar-refractivity contribution < 1.29 is 13.2 Å². The number of nitrogens with one attached hydrogen (secondary N) is 2. The fourth-order valence-corrected chi connectivity index (χ4v) is 2.86. The normalized spacial score (nSPS) is 12.5. The predicted molar refractivity (Wildman–Crippen MR) is 71.2 cm³/mol. The maximum Gasteiger partial charge on any atom is 0.273 e. The number of primary sulfonamides is 1. The number of aromatic nitrogens is 2. The number of aryl methyl sites for hydroxylation is 1. The van der Waals surface area contributed by atoms with Crippen molar-refractivity contribution in [3.05, 3.63) is 11.4 Å². The van der Waals surface area contributed by atoms with E-state index in [0.717, 1.165) is 12.8 Å². The van der Waals surface area contributed by atoms with Crippen molar-refractivity contribution in [2.24, 2.45) is 5.14 Å². The molecule has 8 heteroatoms. The van der Waals surface area contributed by atoms with Gasteiger partial charge in [-0.1, -0.05) is 13.3 Å². The highest BCUT2D eigenvalue weighted by Gasteiger charge is 2.28. The minimum atomic E-state index is -3.99. The van der Waals surface area contributed by atoms with E-state index < -0.39 is 21.5 Å². The van der Waals surface area contributed by atoms with Gasteiger partial charge >= 0.3 is 0 Å². The van der Waals surface area contributed by atoms with E-state index in [4.69, 9.17) is 5.14 Å². The van der Waals surface area contributed by atoms with Crippen LogP contribution in [0, 0.1) is 6.92 Å². The molecule has 19 heavy (non-hydrogen) atoms. The van der Waals surface area contributed by atoms with E-state index >= 15 is 0 Å². The summed E-state index contributed by atoms with van der Waals surface area (Å²) in [5.74, 6) is -0.549. The van der Waals surface area contributed by atoms with Crippen LogP contribution in [0.15, 0.2) is 4.90 Å². The number of carbonyl (C=O) groups is 1. The SMILES string of the molecule is CCCC(C)(C)NC(=O)c1n[nH]c(C)c1S(N)(=O)=O. The van der Waals surface area contributed by atoms with Crippen molar-refractivity contribution in [2.45, 2.75) is 51.0 Å². The highest BCUT2D eigenvalue weighted by molar-refractivity contribution is 7.89. The van der Waals surface area contributed by atoms with Crippen LogP contribution in [-0.4, -0.2) is 30.1 Å². The summed E-state index contributed by atoms with van der Waals surface area (Å²) in [6, 6.07) is 0. The van der Waals surface area contributed by atoms with Gasteiger partial charge < -0.3 is 5.32 Å². The molecule has 0 radical (unpaired) electrons. The van der Waals surface area contributed by atoms with Crippen LogP contribution in [0.2, 0.25) is 0 Å². The molecule has 0 spiro atoms. The second-order valence-corrected chi connectivity index (χ2v) is 6.66. The number of amides is 1. The van der Waals surface area contributed by atoms with Gasteiger partial charge in [0.15, 0.2) is 5.69 Å². The standard InChI is InChI=1S/C11H20N4O3S/c1-5-6-11(3,4)13-10(16)8-9(19(12,17)18)7(2)14-15-8/h5-6H2,1-4H3,(H,13,16)(H,14,15)(H2,12,17,18). The first-order valence-corrected chi connectivity index (χ1v) is 7.53. The molecule has 7 nitrogen and oxygen atoms in total. The van der Waals surface area contributed by atoms with Crippen molar-refractivity contribution in [3.63, 3.8) is 0 Å². The van der Waals surface area contributed by atoms with Crippen LogP contribution in [-0.2, 0) is 10.0 Å². The number of rotatable bonds is 5. The van der Waals surface area contributed by atoms with Gasteiger partial charge in [0.25, 0.3) is 5.91 Å². The molecular formula is C11H20N4O3S. The molecule has 0 aliphatic carbocycles. The second-order valence-electron chi connectivity index (χ2n) is 5.16. The van der Waals surface area contributed by atoms with E-state index in [9.17, 15) is 13.2 Å². The molecule has 0 bridgehead atoms. The third-order valence-corrected chi connectivity index (χ3v) is 3.79. The monoisotopic (exact) mass is 288 g/mol. The smallest absolute Gasteiger partial charge is 0.273 e. The number of carbonyl (C=O) groups excluding carboxylic acids is 1. The minimum Gasteiger partial charge on any atom is -0.346 e. The molecule has 0 unspecified atom stereocenters. The van der Waals surface area contributed by atoms with Crippen molar-refractivity contribution in [2.75, 3.05) is 0 Å². The zero-order valence-electron chi connectivity index (χ0n) is 11.6. The Morgan fingerprint density at radius 1 is 1.47 bits per heavy atom. The van der Waals surface area contributed by atoms with Crippen LogP contribution in [0.1, 0.15) is 49.8 Å². The summed E-state index contributed by atoms with van der Waals surface area (Å²) in [6.07, 6.45) is 1.67. The fourth-order valence-electron chi connectivity index (χ4n) is 1.97. The quantitative estimate of drug-likeness (QED) is 0.738. The third-order valence-electron chi connectivity index (χ3n) is 2.72. The lowest BCUT2D eigenvalue weighted by Gasteiger charge is -2.25. The Morgan fingerprint density at radius 3 is 2.53 bits per heavy atom. The van der Waals surface area contributed by atoms with Gasteiger partial charge in [-0.15, -0.1) is 0 Å². The molecule has 4 N–H and O–H groups in total. The summed E-state index contributed by atoms with van der Waals surface area (Å²) in [5.41, 5.74) is -0.376. The van der Waals surface area contributed by atoms with Gasteiger partial charge in [0.05, 0.1) is 5.69 Å². The van der Waals surface area contributed by atoms with Crippen molar-refractivity contribution >= 4 is 15.9 Å². The molecule has 1 heterocycles. The number of nitrogens with two attached hydrogens (primary N) is 1. The zero-order chi connectivity index (χ0) is 14.8. The third kappa shape index (κ3) is 3.77. The van der Waals surface area contributed by atoms with Crippen LogP contribution in [0.3, 0.4) is 0 Å². The molecule has 0 aromatic carbocycles. The van der Waals surface area contributed by atoms with Crippen molar-refractivity contribution in [1.82, 2.24) is 15.5 Å². The second kappa shape index (κ2) is 5.30. The van der Waals surface area contributed by atoms with E-state index in [1.165, 1.54) is 6.92 Å². The molecule has 0 fully saturated rings. The maximum absolute atomic E-state index is 12.1. The summed E-state index contributed by atoms with van der Waals surface area (Å²) < 4.78 is 22.9. The van der Waals surface area contributed by atoms with Gasteiger partial charge in [-0.3, -0.25) is 9.89 Å². The summed E-state index contributed by atoms with van der Waals surface area (Å²) >= 11 is 0. The Labute approximate surface area is 113 Å². The van der Waals surface area contributed by atoms with Crippen LogP contribution >= 0.6 is 0 Å². The number of hydrogen-bond donors (Lipinski definition) is 3. The molecule has 1 aromatic rings. The number of H-pyrrole nitrogens is 1. The first-order valence-electron chi connectivity index (χ1n) is 5.99. The lowest BCUT2D eigenvalue weighted by atomic mass is 9.99. The number of aromatic amines is 1. The predicted octanol–water partition coefficient (Wildman–Crippen LogP) is 0.674. The largest absolute Gasteiger partial charge is 0.346 e. The summed E-state index contributed by atoms with van der Waals surface area (Å²) in [5, 5.41) is 14.1. The minimum absolute atomic E-state index is 0.191. The average Bonchev–Trinajstić information content (AvgIpc) is 2.58. The fraction of sp³-hybridized carbons (Fsp3) is 0.636. The van der Waals surface area contributed by atoms with Crippen molar-refractivity contribution in [1.29, 1.82) is 0 Å². The maximum atomic E-state index is 12.1. The van der Waals surface area contributed by atoms with E-state index in [1.54, 1.807) is 0 Å². The Balaban J connectivity index is 3.09. The zero-order valence-corrected chi connectivity index (χ0v) is 12.4. The van der Waals surface area contributed by atoms with Crippen LogP contribution in [0.25, 0.3) is 0 Å². The summed E-state index contributed by atoms with van der Waals surface area (Å²) in [6.45, 7) is 7.23.